The van der Waals surface area contributed by atoms with E-state index < -0.39 is 11.7 Å². The fraction of sp³-hybridized carbons (Fsp3) is 0.450. The number of halogens is 3. The second-order valence-corrected chi connectivity index (χ2v) is 13.6. The maximum atomic E-state index is 13.4. The molecule has 3 nitrogen and oxygen atoms in total. The summed E-state index contributed by atoms with van der Waals surface area (Å²) in [7, 11) is 0. The minimum absolute atomic E-state index is 0. The molecule has 1 aliphatic rings. The number of nitrogens with zero attached hydrogens (tertiary/aromatic N) is 1. The van der Waals surface area contributed by atoms with Gasteiger partial charge in [-0.25, -0.2) is 0 Å². The van der Waals surface area contributed by atoms with Crippen molar-refractivity contribution in [2.75, 3.05) is 0 Å². The number of para-hydroxylation sites is 1. The molecule has 0 bridgehead atoms. The minimum atomic E-state index is -4.38. The number of rotatable bonds is 7. The van der Waals surface area contributed by atoms with Gasteiger partial charge in [0.1, 0.15) is 0 Å². The van der Waals surface area contributed by atoms with Gasteiger partial charge >= 0.3 is 6.18 Å². The third kappa shape index (κ3) is 7.22. The van der Waals surface area contributed by atoms with Gasteiger partial charge in [-0.3, -0.25) is 9.78 Å². The number of pyridine rings is 1. The number of carbonyl (C=O) groups is 1. The predicted molar refractivity (Wildman–Crippen MR) is 183 cm³/mol. The van der Waals surface area contributed by atoms with Crippen molar-refractivity contribution < 1.29 is 43.2 Å². The number of aliphatic hydroxyl groups is 1. The Balaban J connectivity index is 0.000000322. The third-order valence-corrected chi connectivity index (χ3v) is 10.5. The normalized spacial score (nSPS) is 15.1. The summed E-state index contributed by atoms with van der Waals surface area (Å²) in [6.45, 7) is 18.7. The SMILES string of the molecule is CCC(CC)C(=O)/C=C(\O)C(CC)CC.Cc1c2c([c-]c3ccc(C(F)(F)F)cc13)-c1nc3ccccc3cc1C(C)(C)C2(C)C.[Ir]. The number of benzene rings is 3. The van der Waals surface area contributed by atoms with Crippen LogP contribution in [0.1, 0.15) is 103 Å². The molecule has 3 aromatic carbocycles. The van der Waals surface area contributed by atoms with Gasteiger partial charge in [0.25, 0.3) is 0 Å². The molecular weight excluding hydrogens is 776 g/mol. The smallest absolute Gasteiger partial charge is 0.415 e. The number of aliphatic hydroxyl groups excluding tert-OH is 1. The zero-order valence-corrected chi connectivity index (χ0v) is 31.3. The average Bonchev–Trinajstić information content (AvgIpc) is 3.00. The summed E-state index contributed by atoms with van der Waals surface area (Å²) in [5.74, 6) is 0.547. The van der Waals surface area contributed by atoms with Gasteiger partial charge in [-0.15, -0.1) is 23.1 Å². The summed E-state index contributed by atoms with van der Waals surface area (Å²) in [4.78, 5) is 16.7. The second kappa shape index (κ2) is 14.6. The van der Waals surface area contributed by atoms with Gasteiger partial charge in [-0.05, 0) is 53.5 Å². The molecule has 1 radical (unpaired) electrons. The van der Waals surface area contributed by atoms with E-state index in [2.05, 4.69) is 45.9 Å². The van der Waals surface area contributed by atoms with E-state index in [1.165, 1.54) is 18.2 Å². The first-order valence-electron chi connectivity index (χ1n) is 16.5. The number of ketones is 1. The summed E-state index contributed by atoms with van der Waals surface area (Å²) < 4.78 is 40.2. The van der Waals surface area contributed by atoms with Crippen LogP contribution in [0.4, 0.5) is 13.2 Å². The Morgan fingerprint density at radius 1 is 0.915 bits per heavy atom. The minimum Gasteiger partial charge on any atom is -0.512 e. The summed E-state index contributed by atoms with van der Waals surface area (Å²) >= 11 is 0. The number of aryl methyl sites for hydroxylation is 1. The number of aromatic nitrogens is 1. The number of allylic oxidation sites excluding steroid dienone is 2. The molecule has 4 aromatic rings. The van der Waals surface area contributed by atoms with Crippen LogP contribution in [0.25, 0.3) is 32.9 Å². The van der Waals surface area contributed by atoms with Crippen LogP contribution in [0.2, 0.25) is 0 Å². The van der Waals surface area contributed by atoms with Gasteiger partial charge in [0.15, 0.2) is 5.78 Å². The maximum absolute atomic E-state index is 13.4. The molecule has 0 saturated carbocycles. The fourth-order valence-corrected chi connectivity index (χ4v) is 6.83. The molecule has 47 heavy (non-hydrogen) atoms. The van der Waals surface area contributed by atoms with Crippen molar-refractivity contribution in [1.29, 1.82) is 0 Å². The van der Waals surface area contributed by atoms with Crippen molar-refractivity contribution in [1.82, 2.24) is 4.98 Å². The summed E-state index contributed by atoms with van der Waals surface area (Å²) in [6, 6.07) is 17.6. The molecule has 0 spiro atoms. The van der Waals surface area contributed by atoms with Gasteiger partial charge in [0.2, 0.25) is 0 Å². The monoisotopic (exact) mass is 823 g/mol. The van der Waals surface area contributed by atoms with Crippen molar-refractivity contribution in [2.24, 2.45) is 11.8 Å². The number of hydrogen-bond acceptors (Lipinski definition) is 3. The first-order valence-corrected chi connectivity index (χ1v) is 16.5. The van der Waals surface area contributed by atoms with Crippen LogP contribution in [-0.4, -0.2) is 15.9 Å². The average molecular weight is 823 g/mol. The molecule has 0 fully saturated rings. The number of alkyl halides is 3. The third-order valence-electron chi connectivity index (χ3n) is 10.5. The number of carbonyl (C=O) groups excluding carboxylic acids is 1. The van der Waals surface area contributed by atoms with Crippen LogP contribution in [0.5, 0.6) is 0 Å². The van der Waals surface area contributed by atoms with Gasteiger partial charge in [-0.2, -0.15) is 13.2 Å². The van der Waals surface area contributed by atoms with E-state index in [0.717, 1.165) is 70.6 Å². The van der Waals surface area contributed by atoms with E-state index in [9.17, 15) is 23.1 Å². The van der Waals surface area contributed by atoms with E-state index in [-0.39, 0.29) is 54.3 Å². The molecule has 1 aliphatic carbocycles. The van der Waals surface area contributed by atoms with Crippen molar-refractivity contribution >= 4 is 27.5 Å². The molecule has 0 aliphatic heterocycles. The zero-order valence-electron chi connectivity index (χ0n) is 28.9. The summed E-state index contributed by atoms with van der Waals surface area (Å²) in [5, 5.41) is 12.1. The van der Waals surface area contributed by atoms with Crippen LogP contribution in [0.3, 0.4) is 0 Å². The molecule has 0 unspecified atom stereocenters. The first kappa shape index (κ1) is 38.4. The van der Waals surface area contributed by atoms with E-state index in [1.807, 2.05) is 52.8 Å². The van der Waals surface area contributed by atoms with Crippen molar-refractivity contribution in [3.8, 4) is 11.3 Å². The predicted octanol–water partition coefficient (Wildman–Crippen LogP) is 11.6. The summed E-state index contributed by atoms with van der Waals surface area (Å²) in [6.07, 6.45) is 0.530. The Morgan fingerprint density at radius 3 is 2.09 bits per heavy atom. The van der Waals surface area contributed by atoms with Gasteiger partial charge in [0.05, 0.1) is 11.3 Å². The van der Waals surface area contributed by atoms with Crippen LogP contribution in [0, 0.1) is 24.8 Å². The van der Waals surface area contributed by atoms with Crippen LogP contribution >= 0.6 is 0 Å². The van der Waals surface area contributed by atoms with Crippen LogP contribution in [-0.2, 0) is 41.9 Å². The maximum Gasteiger partial charge on any atom is 0.415 e. The van der Waals surface area contributed by atoms with Crippen molar-refractivity contribution in [2.45, 2.75) is 105 Å². The van der Waals surface area contributed by atoms with E-state index in [1.54, 1.807) is 0 Å². The Kier molecular flexibility index (Phi) is 12.0. The van der Waals surface area contributed by atoms with Gasteiger partial charge in [-0.1, -0.05) is 115 Å². The second-order valence-electron chi connectivity index (χ2n) is 13.6. The molecule has 0 atom stereocenters. The molecule has 1 aromatic heterocycles. The Hall–Kier alpha value is -3.02. The molecule has 1 heterocycles. The Labute approximate surface area is 291 Å². The van der Waals surface area contributed by atoms with Gasteiger partial charge < -0.3 is 5.11 Å². The summed E-state index contributed by atoms with van der Waals surface area (Å²) in [5.41, 5.74) is 4.48. The number of fused-ring (bicyclic) bond motifs is 5. The first-order chi connectivity index (χ1) is 21.5. The topological polar surface area (TPSA) is 50.2 Å². The largest absolute Gasteiger partial charge is 0.512 e. The molecule has 255 valence electrons. The quantitative estimate of drug-likeness (QED) is 0.115. The van der Waals surface area contributed by atoms with Crippen LogP contribution in [0.15, 0.2) is 60.4 Å². The Bertz CT molecular complexity index is 1780. The molecule has 0 amide bonds. The molecule has 7 heteroatoms. The van der Waals surface area contributed by atoms with E-state index >= 15 is 0 Å². The van der Waals surface area contributed by atoms with E-state index in [0.29, 0.717) is 10.8 Å². The van der Waals surface area contributed by atoms with E-state index in [4.69, 9.17) is 4.98 Å². The Morgan fingerprint density at radius 2 is 1.51 bits per heavy atom. The zero-order chi connectivity index (χ0) is 34.2. The molecular formula is C40H47F3IrNO2-. The van der Waals surface area contributed by atoms with Crippen molar-refractivity contribution in [3.05, 3.63) is 88.7 Å². The van der Waals surface area contributed by atoms with Gasteiger partial charge in [0, 0.05) is 49.3 Å². The molecule has 5 rings (SSSR count). The van der Waals surface area contributed by atoms with Crippen LogP contribution < -0.4 is 0 Å². The van der Waals surface area contributed by atoms with Crippen molar-refractivity contribution in [3.63, 3.8) is 0 Å². The number of hydrogen-bond donors (Lipinski definition) is 1. The molecule has 1 N–H and O–H groups in total. The molecule has 0 saturated heterocycles. The fourth-order valence-electron chi connectivity index (χ4n) is 6.83. The standard InChI is InChI=1S/C27H23F3N.C13H24O2.Ir/c1-15-19-14-18(27(28,29)30)11-10-16(19)12-20-23(15)26(4,5)25(2,3)21-13-17-8-6-7-9-22(17)31-24(20)21;1-5-10(6-2)12(14)9-13(15)11(7-3)8-4;/h6-11,13-14H,1-5H3;9-11,14H,5-8H2,1-4H3;/q-1;;/b;12-9-;.